The highest BCUT2D eigenvalue weighted by molar-refractivity contribution is 6.63. The largest absolute Gasteiger partial charge is 0.342 e. The van der Waals surface area contributed by atoms with E-state index in [4.69, 9.17) is 11.6 Å². The minimum Gasteiger partial charge on any atom is -0.342 e. The van der Waals surface area contributed by atoms with Gasteiger partial charge in [-0.1, -0.05) is 0 Å². The van der Waals surface area contributed by atoms with Crippen LogP contribution in [0.15, 0.2) is 0 Å². The molecule has 1 aliphatic heterocycles. The lowest BCUT2D eigenvalue weighted by Gasteiger charge is -2.17. The van der Waals surface area contributed by atoms with Crippen LogP contribution in [0, 0.1) is 0 Å². The van der Waals surface area contributed by atoms with Crippen LogP contribution in [-0.2, 0) is 9.59 Å². The van der Waals surface area contributed by atoms with Gasteiger partial charge in [-0.15, -0.1) is 0 Å². The predicted molar refractivity (Wildman–Crippen MR) is 41.3 cm³/mol. The molecule has 4 heteroatoms. The summed E-state index contributed by atoms with van der Waals surface area (Å²) in [5, 5.41) is -0.364. The van der Waals surface area contributed by atoms with E-state index >= 15 is 0 Å². The van der Waals surface area contributed by atoms with Gasteiger partial charge < -0.3 is 4.90 Å². The standard InChI is InChI=1S/C7H10ClNO2/c1-9-5(4-6(8)10)2-3-7(9)11/h5H,2-4H2,1H3/t5-/m0/s1. The molecule has 1 aliphatic rings. The quantitative estimate of drug-likeness (QED) is 0.582. The molecule has 0 spiro atoms. The topological polar surface area (TPSA) is 37.4 Å². The summed E-state index contributed by atoms with van der Waals surface area (Å²) in [5.41, 5.74) is 0. The van der Waals surface area contributed by atoms with Gasteiger partial charge in [0.15, 0.2) is 0 Å². The lowest BCUT2D eigenvalue weighted by molar-refractivity contribution is -0.127. The Morgan fingerprint density at radius 1 is 1.82 bits per heavy atom. The van der Waals surface area contributed by atoms with Gasteiger partial charge in [-0.2, -0.15) is 0 Å². The lowest BCUT2D eigenvalue weighted by Crippen LogP contribution is -2.29. The third-order valence-electron chi connectivity index (χ3n) is 2.03. The fourth-order valence-corrected chi connectivity index (χ4v) is 1.47. The first-order valence-electron chi connectivity index (χ1n) is 3.55. The molecular weight excluding hydrogens is 166 g/mol. The van der Waals surface area contributed by atoms with Crippen LogP contribution in [0.2, 0.25) is 0 Å². The number of hydrogen-bond donors (Lipinski definition) is 0. The molecule has 0 radical (unpaired) electrons. The highest BCUT2D eigenvalue weighted by atomic mass is 35.5. The number of nitrogens with zero attached hydrogens (tertiary/aromatic N) is 1. The summed E-state index contributed by atoms with van der Waals surface area (Å²) in [6.07, 6.45) is 1.59. The Balaban J connectivity index is 2.48. The molecule has 0 unspecified atom stereocenters. The Morgan fingerprint density at radius 2 is 2.45 bits per heavy atom. The first-order valence-corrected chi connectivity index (χ1v) is 3.93. The fraction of sp³-hybridized carbons (Fsp3) is 0.714. The Labute approximate surface area is 70.3 Å². The van der Waals surface area contributed by atoms with Crippen molar-refractivity contribution in [3.63, 3.8) is 0 Å². The van der Waals surface area contributed by atoms with Crippen molar-refractivity contribution in [1.82, 2.24) is 4.90 Å². The zero-order chi connectivity index (χ0) is 8.43. The molecule has 0 aliphatic carbocycles. The summed E-state index contributed by atoms with van der Waals surface area (Å²) in [7, 11) is 1.71. The molecule has 0 aromatic heterocycles. The molecule has 0 N–H and O–H groups in total. The van der Waals surface area contributed by atoms with Crippen molar-refractivity contribution in [3.05, 3.63) is 0 Å². The highest BCUT2D eigenvalue weighted by Gasteiger charge is 2.28. The van der Waals surface area contributed by atoms with Gasteiger partial charge in [0.05, 0.1) is 0 Å². The van der Waals surface area contributed by atoms with Gasteiger partial charge in [-0.25, -0.2) is 0 Å². The fourth-order valence-electron chi connectivity index (χ4n) is 1.29. The van der Waals surface area contributed by atoms with Crippen molar-refractivity contribution < 1.29 is 9.59 Å². The van der Waals surface area contributed by atoms with Crippen LogP contribution < -0.4 is 0 Å². The van der Waals surface area contributed by atoms with E-state index in [9.17, 15) is 9.59 Å². The third kappa shape index (κ3) is 1.93. The smallest absolute Gasteiger partial charge is 0.223 e. The molecule has 3 nitrogen and oxygen atoms in total. The van der Waals surface area contributed by atoms with Gasteiger partial charge in [0.25, 0.3) is 0 Å². The molecular formula is C7H10ClNO2. The molecule has 1 fully saturated rings. The molecule has 11 heavy (non-hydrogen) atoms. The van der Waals surface area contributed by atoms with Gasteiger partial charge in [-0.05, 0) is 18.0 Å². The van der Waals surface area contributed by atoms with Crippen molar-refractivity contribution in [1.29, 1.82) is 0 Å². The van der Waals surface area contributed by atoms with Crippen molar-refractivity contribution >= 4 is 22.8 Å². The number of likely N-dealkylation sites (tertiary alicyclic amines) is 1. The van der Waals surface area contributed by atoms with E-state index in [1.54, 1.807) is 11.9 Å². The summed E-state index contributed by atoms with van der Waals surface area (Å²) in [5.74, 6) is 0.105. The molecule has 0 aromatic carbocycles. The van der Waals surface area contributed by atoms with Gasteiger partial charge >= 0.3 is 0 Å². The van der Waals surface area contributed by atoms with E-state index in [0.29, 0.717) is 6.42 Å². The normalized spacial score (nSPS) is 24.4. The van der Waals surface area contributed by atoms with Crippen LogP contribution >= 0.6 is 11.6 Å². The van der Waals surface area contributed by atoms with E-state index in [1.807, 2.05) is 0 Å². The lowest BCUT2D eigenvalue weighted by atomic mass is 10.2. The van der Waals surface area contributed by atoms with Crippen LogP contribution in [0.4, 0.5) is 0 Å². The third-order valence-corrected chi connectivity index (χ3v) is 2.18. The van der Waals surface area contributed by atoms with E-state index in [1.165, 1.54) is 0 Å². The summed E-state index contributed by atoms with van der Waals surface area (Å²) in [6.45, 7) is 0. The van der Waals surface area contributed by atoms with Crippen LogP contribution in [0.1, 0.15) is 19.3 Å². The summed E-state index contributed by atoms with van der Waals surface area (Å²) >= 11 is 5.19. The van der Waals surface area contributed by atoms with E-state index in [-0.39, 0.29) is 23.6 Å². The molecule has 0 aromatic rings. The zero-order valence-corrected chi connectivity index (χ0v) is 7.10. The zero-order valence-electron chi connectivity index (χ0n) is 6.34. The number of carbonyl (C=O) groups excluding carboxylic acids is 2. The van der Waals surface area contributed by atoms with Crippen molar-refractivity contribution in [2.75, 3.05) is 7.05 Å². The second-order valence-corrected chi connectivity index (χ2v) is 3.18. The minimum atomic E-state index is -0.364. The molecule has 0 saturated carbocycles. The first-order chi connectivity index (χ1) is 5.11. The number of rotatable bonds is 2. The molecule has 1 amide bonds. The van der Waals surface area contributed by atoms with E-state index in [2.05, 4.69) is 0 Å². The maximum absolute atomic E-state index is 10.9. The molecule has 62 valence electrons. The van der Waals surface area contributed by atoms with Crippen LogP contribution in [0.25, 0.3) is 0 Å². The Morgan fingerprint density at radius 3 is 2.82 bits per heavy atom. The number of carbonyl (C=O) groups is 2. The van der Waals surface area contributed by atoms with Gasteiger partial charge in [0.2, 0.25) is 11.1 Å². The summed E-state index contributed by atoms with van der Waals surface area (Å²) in [4.78, 5) is 23.0. The first kappa shape index (κ1) is 8.53. The van der Waals surface area contributed by atoms with Gasteiger partial charge in [0.1, 0.15) is 0 Å². The average molecular weight is 176 g/mol. The summed E-state index contributed by atoms with van der Waals surface area (Å²) in [6, 6.07) is 0.0347. The van der Waals surface area contributed by atoms with E-state index < -0.39 is 0 Å². The Kier molecular flexibility index (Phi) is 2.49. The maximum atomic E-state index is 10.9. The van der Waals surface area contributed by atoms with E-state index in [0.717, 1.165) is 6.42 Å². The van der Waals surface area contributed by atoms with Gasteiger partial charge in [0, 0.05) is 25.9 Å². The number of halogens is 1. The van der Waals surface area contributed by atoms with Gasteiger partial charge in [-0.3, -0.25) is 9.59 Å². The predicted octanol–water partition coefficient (Wildman–Crippen LogP) is 0.763. The molecule has 0 bridgehead atoms. The maximum Gasteiger partial charge on any atom is 0.223 e. The second-order valence-electron chi connectivity index (χ2n) is 2.76. The second kappa shape index (κ2) is 3.22. The highest BCUT2D eigenvalue weighted by Crippen LogP contribution is 2.19. The molecule has 1 atom stereocenters. The molecule has 1 heterocycles. The Bertz CT molecular complexity index is 193. The molecule has 1 rings (SSSR count). The number of hydrogen-bond acceptors (Lipinski definition) is 2. The minimum absolute atomic E-state index is 0.0347. The average Bonchev–Trinajstić information content (AvgIpc) is 2.18. The SMILES string of the molecule is CN1C(=O)CC[C@H]1CC(=O)Cl. The monoisotopic (exact) mass is 175 g/mol. The van der Waals surface area contributed by atoms with Crippen LogP contribution in [-0.4, -0.2) is 29.1 Å². The Hall–Kier alpha value is -0.570. The summed E-state index contributed by atoms with van der Waals surface area (Å²) < 4.78 is 0. The molecule has 1 saturated heterocycles. The van der Waals surface area contributed by atoms with Crippen molar-refractivity contribution in [2.45, 2.75) is 25.3 Å². The van der Waals surface area contributed by atoms with Crippen LogP contribution in [0.3, 0.4) is 0 Å². The van der Waals surface area contributed by atoms with Crippen molar-refractivity contribution in [3.8, 4) is 0 Å². The van der Waals surface area contributed by atoms with Crippen molar-refractivity contribution in [2.24, 2.45) is 0 Å². The van der Waals surface area contributed by atoms with Crippen LogP contribution in [0.5, 0.6) is 0 Å². The number of amides is 1.